The average Bonchev–Trinajstić information content (AvgIpc) is 2.86. The predicted molar refractivity (Wildman–Crippen MR) is 139 cm³/mol. The number of carboxylic acid groups (broad SMARTS) is 1. The van der Waals surface area contributed by atoms with Crippen LogP contribution in [-0.4, -0.2) is 64.5 Å². The number of amides is 4. The molecule has 0 fully saturated rings. The number of nitrogens with one attached hydrogen (secondary N) is 3. The van der Waals surface area contributed by atoms with Crippen molar-refractivity contribution in [3.8, 4) is 0 Å². The molecular formula is C27H32N4O7. The first-order valence-corrected chi connectivity index (χ1v) is 12.0. The monoisotopic (exact) mass is 524 g/mol. The lowest BCUT2D eigenvalue weighted by atomic mass is 10.0. The zero-order chi connectivity index (χ0) is 28.2. The quantitative estimate of drug-likeness (QED) is 0.289. The van der Waals surface area contributed by atoms with Crippen molar-refractivity contribution in [3.05, 3.63) is 65.7 Å². The Morgan fingerprint density at radius 3 is 2.11 bits per heavy atom. The average molecular weight is 525 g/mol. The fraction of sp³-hybridized carbons (Fsp3) is 0.333. The maximum absolute atomic E-state index is 13.6. The van der Waals surface area contributed by atoms with Gasteiger partial charge in [-0.2, -0.15) is 0 Å². The van der Waals surface area contributed by atoms with Crippen molar-refractivity contribution < 1.29 is 33.9 Å². The summed E-state index contributed by atoms with van der Waals surface area (Å²) in [5.41, 5.74) is 1.52. The van der Waals surface area contributed by atoms with E-state index in [1.807, 2.05) is 0 Å². The number of nitrogens with zero attached hydrogens (tertiary/aromatic N) is 1. The summed E-state index contributed by atoms with van der Waals surface area (Å²) in [5.74, 6) is -3.61. The molecule has 38 heavy (non-hydrogen) atoms. The van der Waals surface area contributed by atoms with Gasteiger partial charge < -0.3 is 30.8 Å². The fourth-order valence-electron chi connectivity index (χ4n) is 3.61. The first kappa shape index (κ1) is 29.7. The summed E-state index contributed by atoms with van der Waals surface area (Å²) >= 11 is 0. The number of aliphatic carboxylic acids is 1. The number of anilines is 1. The van der Waals surface area contributed by atoms with E-state index in [2.05, 4.69) is 16.0 Å². The molecule has 2 atom stereocenters. The Balaban J connectivity index is 2.23. The Hall–Kier alpha value is -4.54. The van der Waals surface area contributed by atoms with Crippen LogP contribution in [0.2, 0.25) is 0 Å². The molecule has 2 rings (SSSR count). The molecule has 2 aromatic carbocycles. The first-order chi connectivity index (χ1) is 18.0. The molecule has 0 aliphatic heterocycles. The second-order valence-electron chi connectivity index (χ2n) is 9.04. The molecule has 0 aliphatic rings. The second kappa shape index (κ2) is 14.3. The fourth-order valence-corrected chi connectivity index (χ4v) is 3.61. The van der Waals surface area contributed by atoms with E-state index in [1.165, 1.54) is 24.0 Å². The number of benzene rings is 2. The lowest BCUT2D eigenvalue weighted by Gasteiger charge is -2.30. The molecule has 11 heteroatoms. The normalized spacial score (nSPS) is 12.1. The molecule has 0 spiro atoms. The summed E-state index contributed by atoms with van der Waals surface area (Å²) in [5, 5.41) is 16.6. The first-order valence-electron chi connectivity index (χ1n) is 12.0. The van der Waals surface area contributed by atoms with E-state index in [4.69, 9.17) is 5.11 Å². The van der Waals surface area contributed by atoms with E-state index in [1.54, 1.807) is 56.3 Å². The minimum Gasteiger partial charge on any atom is -0.481 e. The molecule has 11 nitrogen and oxygen atoms in total. The highest BCUT2D eigenvalue weighted by Crippen LogP contribution is 2.14. The van der Waals surface area contributed by atoms with Crippen LogP contribution in [0, 0.1) is 5.92 Å². The number of carboxylic acids is 1. The van der Waals surface area contributed by atoms with Gasteiger partial charge in [0.1, 0.15) is 12.3 Å². The largest absolute Gasteiger partial charge is 0.481 e. The predicted octanol–water partition coefficient (Wildman–Crippen LogP) is 1.59. The van der Waals surface area contributed by atoms with Gasteiger partial charge in [-0.25, -0.2) is 0 Å². The molecular weight excluding hydrogens is 492 g/mol. The number of hydrogen-bond acceptors (Lipinski definition) is 6. The van der Waals surface area contributed by atoms with Crippen molar-refractivity contribution in [2.75, 3.05) is 11.9 Å². The van der Waals surface area contributed by atoms with Gasteiger partial charge in [-0.1, -0.05) is 44.2 Å². The van der Waals surface area contributed by atoms with Crippen molar-refractivity contribution in [3.63, 3.8) is 0 Å². The summed E-state index contributed by atoms with van der Waals surface area (Å²) in [4.78, 5) is 73.8. The van der Waals surface area contributed by atoms with Gasteiger partial charge in [-0.05, 0) is 35.7 Å². The highest BCUT2D eigenvalue weighted by Gasteiger charge is 2.31. The molecule has 2 unspecified atom stereocenters. The van der Waals surface area contributed by atoms with Crippen molar-refractivity contribution in [1.82, 2.24) is 15.5 Å². The van der Waals surface area contributed by atoms with Gasteiger partial charge in [0, 0.05) is 24.7 Å². The van der Waals surface area contributed by atoms with Crippen molar-refractivity contribution >= 4 is 41.6 Å². The van der Waals surface area contributed by atoms with Crippen LogP contribution in [-0.2, 0) is 30.5 Å². The van der Waals surface area contributed by atoms with E-state index in [0.29, 0.717) is 12.0 Å². The Bertz CT molecular complexity index is 1150. The summed E-state index contributed by atoms with van der Waals surface area (Å²) in [6, 6.07) is 12.8. The van der Waals surface area contributed by atoms with Crippen LogP contribution in [0.4, 0.5) is 5.69 Å². The summed E-state index contributed by atoms with van der Waals surface area (Å²) in [6.07, 6.45) is -0.267. The lowest BCUT2D eigenvalue weighted by molar-refractivity contribution is -0.141. The second-order valence-corrected chi connectivity index (χ2v) is 9.04. The van der Waals surface area contributed by atoms with Gasteiger partial charge >= 0.3 is 5.97 Å². The van der Waals surface area contributed by atoms with E-state index in [0.717, 1.165) is 5.56 Å². The Kier molecular flexibility index (Phi) is 11.1. The third-order valence-corrected chi connectivity index (χ3v) is 5.45. The third-order valence-electron chi connectivity index (χ3n) is 5.45. The van der Waals surface area contributed by atoms with Crippen LogP contribution in [0.15, 0.2) is 54.6 Å². The Morgan fingerprint density at radius 2 is 1.58 bits per heavy atom. The SMILES string of the molecule is CC(=O)Nc1ccc(C(=O)NC(C(=O)N(CC(=O)NC(C=O)CC(=O)O)Cc2ccccc2)C(C)C)cc1. The van der Waals surface area contributed by atoms with Crippen LogP contribution in [0.3, 0.4) is 0 Å². The van der Waals surface area contributed by atoms with Gasteiger partial charge in [-0.15, -0.1) is 0 Å². The Morgan fingerprint density at radius 1 is 0.947 bits per heavy atom. The molecule has 4 amide bonds. The van der Waals surface area contributed by atoms with Gasteiger partial charge in [0.15, 0.2) is 0 Å². The zero-order valence-corrected chi connectivity index (χ0v) is 21.5. The lowest BCUT2D eigenvalue weighted by Crippen LogP contribution is -2.53. The summed E-state index contributed by atoms with van der Waals surface area (Å²) < 4.78 is 0. The van der Waals surface area contributed by atoms with Crippen molar-refractivity contribution in [2.24, 2.45) is 5.92 Å². The van der Waals surface area contributed by atoms with Gasteiger partial charge in [-0.3, -0.25) is 24.0 Å². The number of hydrogen-bond donors (Lipinski definition) is 4. The van der Waals surface area contributed by atoms with Crippen LogP contribution in [0.1, 0.15) is 43.1 Å². The summed E-state index contributed by atoms with van der Waals surface area (Å²) in [7, 11) is 0. The molecule has 0 radical (unpaired) electrons. The van der Waals surface area contributed by atoms with E-state index in [9.17, 15) is 28.8 Å². The van der Waals surface area contributed by atoms with Crippen LogP contribution in [0.5, 0.6) is 0 Å². The highest BCUT2D eigenvalue weighted by molar-refractivity contribution is 5.99. The number of carbonyl (C=O) groups is 6. The molecule has 0 aromatic heterocycles. The van der Waals surface area contributed by atoms with Crippen LogP contribution >= 0.6 is 0 Å². The van der Waals surface area contributed by atoms with E-state index < -0.39 is 48.7 Å². The van der Waals surface area contributed by atoms with Crippen LogP contribution in [0.25, 0.3) is 0 Å². The number of rotatable bonds is 13. The minimum absolute atomic E-state index is 0.0439. The van der Waals surface area contributed by atoms with E-state index >= 15 is 0 Å². The van der Waals surface area contributed by atoms with Crippen molar-refractivity contribution in [1.29, 1.82) is 0 Å². The summed E-state index contributed by atoms with van der Waals surface area (Å²) in [6.45, 7) is 4.45. The van der Waals surface area contributed by atoms with Crippen LogP contribution < -0.4 is 16.0 Å². The minimum atomic E-state index is -1.26. The van der Waals surface area contributed by atoms with Gasteiger partial charge in [0.25, 0.3) is 5.91 Å². The molecule has 2 aromatic rings. The van der Waals surface area contributed by atoms with Gasteiger partial charge in [0.2, 0.25) is 17.7 Å². The molecule has 0 saturated carbocycles. The number of aldehydes is 1. The Labute approximate surface area is 220 Å². The standard InChI is InChI=1S/C27H32N4O7/c1-17(2)25(30-26(37)20-9-11-21(12-10-20)28-18(3)33)27(38)31(14-19-7-5-4-6-8-19)15-23(34)29-22(16-32)13-24(35)36/h4-12,16-17,22,25H,13-15H2,1-3H3,(H,28,33)(H,29,34)(H,30,37)(H,35,36). The zero-order valence-electron chi connectivity index (χ0n) is 21.5. The maximum atomic E-state index is 13.6. The van der Waals surface area contributed by atoms with Gasteiger partial charge in [0.05, 0.1) is 19.0 Å². The smallest absolute Gasteiger partial charge is 0.305 e. The number of carbonyl (C=O) groups excluding carboxylic acids is 5. The van der Waals surface area contributed by atoms with Crippen molar-refractivity contribution in [2.45, 2.75) is 45.8 Å². The molecule has 202 valence electrons. The molecule has 0 saturated heterocycles. The molecule has 0 bridgehead atoms. The molecule has 0 aliphatic carbocycles. The highest BCUT2D eigenvalue weighted by atomic mass is 16.4. The topological polar surface area (TPSA) is 162 Å². The molecule has 0 heterocycles. The van der Waals surface area contributed by atoms with E-state index in [-0.39, 0.29) is 23.9 Å². The third kappa shape index (κ3) is 9.49. The molecule has 4 N–H and O–H groups in total. The maximum Gasteiger partial charge on any atom is 0.305 e.